The van der Waals surface area contributed by atoms with Crippen LogP contribution in [-0.4, -0.2) is 11.6 Å². The molecule has 0 aliphatic heterocycles. The van der Waals surface area contributed by atoms with Crippen LogP contribution in [0.25, 0.3) is 43.1 Å². The van der Waals surface area contributed by atoms with Gasteiger partial charge in [-0.1, -0.05) is 11.1 Å². The number of carbonyl (C=O) groups is 2. The molecule has 2 nitrogen and oxygen atoms in total. The first-order valence-electron chi connectivity index (χ1n) is 16.1. The summed E-state index contributed by atoms with van der Waals surface area (Å²) in [6.45, 7) is 30.7. The van der Waals surface area contributed by atoms with Gasteiger partial charge in [-0.25, -0.2) is 0 Å². The zero-order valence-electron chi connectivity index (χ0n) is 29.0. The topological polar surface area (TPSA) is 34.1 Å². The van der Waals surface area contributed by atoms with E-state index < -0.39 is 11.8 Å². The second kappa shape index (κ2) is 8.90. The Balaban J connectivity index is 1.85. The van der Waals surface area contributed by atoms with E-state index in [2.05, 4.69) is 96.9 Å². The van der Waals surface area contributed by atoms with Gasteiger partial charge in [0.1, 0.15) is 0 Å². The van der Waals surface area contributed by atoms with Crippen LogP contribution in [0, 0.1) is 81.1 Å². The normalized spacial score (nSPS) is 19.0. The van der Waals surface area contributed by atoms with Crippen molar-refractivity contribution in [3.05, 3.63) is 89.1 Å². The predicted octanol–water partition coefficient (Wildman–Crippen LogP) is 11.1. The van der Waals surface area contributed by atoms with Gasteiger partial charge in [0.2, 0.25) is 0 Å². The third-order valence-electron chi connectivity index (χ3n) is 12.9. The van der Waals surface area contributed by atoms with E-state index >= 15 is 0 Å². The molecule has 0 saturated heterocycles. The van der Waals surface area contributed by atoms with Crippen molar-refractivity contribution in [3.8, 4) is 0 Å². The molecular formula is C42H44O2. The van der Waals surface area contributed by atoms with Gasteiger partial charge < -0.3 is 0 Å². The smallest absolute Gasteiger partial charge is 0.172 e. The highest BCUT2D eigenvalue weighted by Gasteiger charge is 2.47. The molecule has 2 aliphatic carbocycles. The second-order valence-corrected chi connectivity index (χ2v) is 14.3. The number of allylic oxidation sites excluding steroid dienone is 4. The molecule has 0 saturated carbocycles. The van der Waals surface area contributed by atoms with Crippen LogP contribution < -0.4 is 0 Å². The lowest BCUT2D eigenvalue weighted by molar-refractivity contribution is 0.0783. The van der Waals surface area contributed by atoms with Crippen molar-refractivity contribution < 1.29 is 9.59 Å². The fraction of sp³-hybridized carbons (Fsp3) is 0.381. The van der Waals surface area contributed by atoms with Crippen LogP contribution in [0.2, 0.25) is 0 Å². The molecule has 0 heterocycles. The van der Waals surface area contributed by atoms with E-state index in [9.17, 15) is 9.59 Å². The lowest BCUT2D eigenvalue weighted by Gasteiger charge is -2.39. The molecule has 0 N–H and O–H groups in total. The number of benzene rings is 5. The Morgan fingerprint density at radius 3 is 0.864 bits per heavy atom. The van der Waals surface area contributed by atoms with Crippen LogP contribution in [0.5, 0.6) is 0 Å². The van der Waals surface area contributed by atoms with Crippen LogP contribution >= 0.6 is 0 Å². The maximum Gasteiger partial charge on any atom is 0.172 e. The first kappa shape index (κ1) is 29.0. The highest BCUT2D eigenvalue weighted by molar-refractivity contribution is 6.39. The molecule has 0 spiro atoms. The van der Waals surface area contributed by atoms with Gasteiger partial charge in [-0.2, -0.15) is 0 Å². The Morgan fingerprint density at radius 1 is 0.295 bits per heavy atom. The molecule has 44 heavy (non-hydrogen) atoms. The Morgan fingerprint density at radius 2 is 0.545 bits per heavy atom. The maximum absolute atomic E-state index is 14.8. The van der Waals surface area contributed by atoms with Crippen molar-refractivity contribution in [2.24, 2.45) is 11.8 Å². The van der Waals surface area contributed by atoms with E-state index in [1.165, 1.54) is 76.8 Å². The number of Topliss-reactive ketones (excluding diaryl/α,β-unsaturated/α-hetero) is 2. The minimum Gasteiger partial charge on any atom is -0.293 e. The van der Waals surface area contributed by atoms with Crippen molar-refractivity contribution in [2.75, 3.05) is 0 Å². The number of hydrogen-bond acceptors (Lipinski definition) is 2. The van der Waals surface area contributed by atoms with Gasteiger partial charge in [0, 0.05) is 11.1 Å². The number of carbonyl (C=O) groups excluding carboxylic acids is 2. The second-order valence-electron chi connectivity index (χ2n) is 14.3. The van der Waals surface area contributed by atoms with Crippen LogP contribution in [0.1, 0.15) is 104 Å². The highest BCUT2D eigenvalue weighted by Crippen LogP contribution is 2.54. The lowest BCUT2D eigenvalue weighted by atomic mass is 9.62. The summed E-state index contributed by atoms with van der Waals surface area (Å²) in [5.41, 5.74) is 18.2. The third kappa shape index (κ3) is 3.03. The molecule has 0 radical (unpaired) electrons. The van der Waals surface area contributed by atoms with E-state index in [0.717, 1.165) is 44.2 Å². The summed E-state index contributed by atoms with van der Waals surface area (Å²) in [6, 6.07) is 0. The minimum absolute atomic E-state index is 0.113. The zero-order valence-corrected chi connectivity index (χ0v) is 29.0. The van der Waals surface area contributed by atoms with Gasteiger partial charge >= 0.3 is 0 Å². The minimum atomic E-state index is -0.424. The van der Waals surface area contributed by atoms with Crippen LogP contribution in [0.3, 0.4) is 0 Å². The van der Waals surface area contributed by atoms with Crippen molar-refractivity contribution in [2.45, 2.75) is 96.9 Å². The van der Waals surface area contributed by atoms with Gasteiger partial charge in [-0.15, -0.1) is 0 Å². The van der Waals surface area contributed by atoms with Gasteiger partial charge in [0.15, 0.2) is 11.6 Å². The van der Waals surface area contributed by atoms with Gasteiger partial charge in [-0.05, 0) is 207 Å². The van der Waals surface area contributed by atoms with Crippen molar-refractivity contribution >= 4 is 54.7 Å². The number of fused-ring (bicyclic) bond motifs is 5. The van der Waals surface area contributed by atoms with Gasteiger partial charge in [0.25, 0.3) is 0 Å². The highest BCUT2D eigenvalue weighted by atomic mass is 16.1. The first-order chi connectivity index (χ1) is 20.6. The molecule has 0 amide bonds. The fourth-order valence-corrected chi connectivity index (χ4v) is 9.56. The molecule has 2 aliphatic rings. The van der Waals surface area contributed by atoms with E-state index in [1.54, 1.807) is 0 Å². The molecule has 0 fully saturated rings. The Bertz CT molecular complexity index is 2170. The quantitative estimate of drug-likeness (QED) is 0.135. The van der Waals surface area contributed by atoms with Crippen molar-refractivity contribution in [1.82, 2.24) is 0 Å². The summed E-state index contributed by atoms with van der Waals surface area (Å²) >= 11 is 0. The number of rotatable bonds is 0. The molecule has 2 heteroatoms. The standard InChI is InChI=1S/C42H44O2/c1-15-16(2)24(10)36-35(23(15)9)41(43)37-27(13)33-31-21(7)17(3)19(5)29-25(11)26(12)30-20(6)18(4)22(8)32(40(30)39(29)31)34(33)28(14)38(37)42(36)44/h35-36H,1-14H3. The summed E-state index contributed by atoms with van der Waals surface area (Å²) in [6.07, 6.45) is 0. The van der Waals surface area contributed by atoms with E-state index in [4.69, 9.17) is 0 Å². The Kier molecular flexibility index (Phi) is 5.86. The predicted molar refractivity (Wildman–Crippen MR) is 187 cm³/mol. The molecule has 224 valence electrons. The van der Waals surface area contributed by atoms with Crippen LogP contribution in [0.4, 0.5) is 0 Å². The summed E-state index contributed by atoms with van der Waals surface area (Å²) < 4.78 is 0. The monoisotopic (exact) mass is 580 g/mol. The van der Waals surface area contributed by atoms with Gasteiger partial charge in [0.05, 0.1) is 11.8 Å². The summed E-state index contributed by atoms with van der Waals surface area (Å²) in [4.78, 5) is 29.6. The molecule has 0 bridgehead atoms. The number of aryl methyl sites for hydroxylation is 8. The average molecular weight is 581 g/mol. The molecular weight excluding hydrogens is 536 g/mol. The Hall–Kier alpha value is -3.78. The summed E-state index contributed by atoms with van der Waals surface area (Å²) in [5.74, 6) is -0.623. The third-order valence-corrected chi connectivity index (χ3v) is 12.9. The molecule has 5 aromatic rings. The first-order valence-corrected chi connectivity index (χ1v) is 16.1. The SMILES string of the molecule is CC1=C(C)C2C(=O)c3c(c(C)c4c(c3C)c3c(C)c(C)c(C)c5c(C)c(C)c6c(C)c(C)c(C)c4c6c53)C(=O)C2C(C)=C1C. The van der Waals surface area contributed by atoms with Crippen molar-refractivity contribution in [1.29, 1.82) is 0 Å². The average Bonchev–Trinajstić information content (AvgIpc) is 2.98. The fourth-order valence-electron chi connectivity index (χ4n) is 9.56. The van der Waals surface area contributed by atoms with Crippen LogP contribution in [-0.2, 0) is 0 Å². The number of hydrogen-bond donors (Lipinski definition) is 0. The molecule has 7 rings (SSSR count). The largest absolute Gasteiger partial charge is 0.293 e. The summed E-state index contributed by atoms with van der Waals surface area (Å²) in [5, 5.41) is 10.2. The maximum atomic E-state index is 14.8. The van der Waals surface area contributed by atoms with Gasteiger partial charge in [-0.3, -0.25) is 9.59 Å². The molecule has 2 atom stereocenters. The van der Waals surface area contributed by atoms with E-state index in [1.807, 2.05) is 0 Å². The zero-order chi connectivity index (χ0) is 32.2. The number of ketones is 2. The molecule has 5 aromatic carbocycles. The van der Waals surface area contributed by atoms with E-state index in [0.29, 0.717) is 11.1 Å². The molecule has 2 unspecified atom stereocenters. The lowest BCUT2D eigenvalue weighted by Crippen LogP contribution is -2.41. The van der Waals surface area contributed by atoms with Crippen LogP contribution in [0.15, 0.2) is 22.3 Å². The van der Waals surface area contributed by atoms with E-state index in [-0.39, 0.29) is 11.6 Å². The van der Waals surface area contributed by atoms with Crippen molar-refractivity contribution in [3.63, 3.8) is 0 Å². The molecule has 0 aromatic heterocycles. The Labute approximate surface area is 261 Å². The summed E-state index contributed by atoms with van der Waals surface area (Å²) in [7, 11) is 0.